The summed E-state index contributed by atoms with van der Waals surface area (Å²) in [5, 5.41) is 19.5. The number of aliphatic hydroxyl groups excluding tert-OH is 2. The molecule has 0 bridgehead atoms. The summed E-state index contributed by atoms with van der Waals surface area (Å²) in [5.41, 5.74) is -0.151. The molecular formula is C13H27NO2. The maximum atomic E-state index is 10.2. The average Bonchev–Trinajstić information content (AvgIpc) is 2.45. The molecule has 3 nitrogen and oxygen atoms in total. The van der Waals surface area contributed by atoms with Crippen LogP contribution in [-0.2, 0) is 0 Å². The summed E-state index contributed by atoms with van der Waals surface area (Å²) in [6.45, 7) is 9.33. The third-order valence-corrected chi connectivity index (χ3v) is 4.34. The van der Waals surface area contributed by atoms with Crippen LogP contribution in [0.4, 0.5) is 0 Å². The van der Waals surface area contributed by atoms with Crippen LogP contribution in [0.5, 0.6) is 0 Å². The van der Waals surface area contributed by atoms with E-state index in [-0.39, 0.29) is 23.7 Å². The summed E-state index contributed by atoms with van der Waals surface area (Å²) in [6.07, 6.45) is 1.95. The van der Waals surface area contributed by atoms with Crippen molar-refractivity contribution >= 4 is 0 Å². The smallest absolute Gasteiger partial charge is 0.0631 e. The van der Waals surface area contributed by atoms with Gasteiger partial charge in [0.15, 0.2) is 0 Å². The minimum Gasteiger partial charge on any atom is -0.394 e. The summed E-state index contributed by atoms with van der Waals surface area (Å²) < 4.78 is 0. The van der Waals surface area contributed by atoms with E-state index in [0.717, 1.165) is 19.4 Å². The SMILES string of the molecule is CN(CC1CCC(C)(C)C1O)C(C)(C)CO. The monoisotopic (exact) mass is 229 g/mol. The molecule has 0 aromatic rings. The van der Waals surface area contributed by atoms with Gasteiger partial charge in [0.1, 0.15) is 0 Å². The number of likely N-dealkylation sites (N-methyl/N-ethyl adjacent to an activating group) is 1. The van der Waals surface area contributed by atoms with Gasteiger partial charge in [0, 0.05) is 12.1 Å². The molecule has 3 heteroatoms. The summed E-state index contributed by atoms with van der Waals surface area (Å²) >= 11 is 0. The Labute approximate surface area is 99.5 Å². The lowest BCUT2D eigenvalue weighted by molar-refractivity contribution is 0.0102. The molecule has 0 saturated heterocycles. The number of hydrogen-bond acceptors (Lipinski definition) is 3. The van der Waals surface area contributed by atoms with Gasteiger partial charge < -0.3 is 10.2 Å². The first-order valence-electron chi connectivity index (χ1n) is 6.21. The van der Waals surface area contributed by atoms with E-state index >= 15 is 0 Å². The van der Waals surface area contributed by atoms with Crippen molar-refractivity contribution in [1.29, 1.82) is 0 Å². The van der Waals surface area contributed by atoms with Gasteiger partial charge in [-0.15, -0.1) is 0 Å². The zero-order valence-electron chi connectivity index (χ0n) is 11.3. The highest BCUT2D eigenvalue weighted by Gasteiger charge is 2.41. The van der Waals surface area contributed by atoms with Crippen molar-refractivity contribution in [3.05, 3.63) is 0 Å². The molecule has 1 aliphatic rings. The molecule has 0 radical (unpaired) electrons. The Morgan fingerprint density at radius 3 is 2.31 bits per heavy atom. The van der Waals surface area contributed by atoms with Gasteiger partial charge in [-0.05, 0) is 45.1 Å². The minimum atomic E-state index is -0.218. The molecule has 0 amide bonds. The van der Waals surface area contributed by atoms with E-state index < -0.39 is 0 Å². The first-order valence-corrected chi connectivity index (χ1v) is 6.21. The molecule has 0 aromatic carbocycles. The van der Waals surface area contributed by atoms with Crippen LogP contribution < -0.4 is 0 Å². The topological polar surface area (TPSA) is 43.7 Å². The summed E-state index contributed by atoms with van der Waals surface area (Å²) in [4.78, 5) is 2.16. The van der Waals surface area contributed by atoms with E-state index in [0.29, 0.717) is 5.92 Å². The van der Waals surface area contributed by atoms with Crippen LogP contribution in [0.25, 0.3) is 0 Å². The fraction of sp³-hybridized carbons (Fsp3) is 1.00. The molecule has 2 unspecified atom stereocenters. The van der Waals surface area contributed by atoms with E-state index in [9.17, 15) is 10.2 Å². The maximum Gasteiger partial charge on any atom is 0.0631 e. The molecule has 2 N–H and O–H groups in total. The Morgan fingerprint density at radius 2 is 1.94 bits per heavy atom. The number of nitrogens with zero attached hydrogens (tertiary/aromatic N) is 1. The second-order valence-electron chi connectivity index (χ2n) is 6.58. The van der Waals surface area contributed by atoms with Gasteiger partial charge in [-0.2, -0.15) is 0 Å². The fourth-order valence-electron chi connectivity index (χ4n) is 2.41. The van der Waals surface area contributed by atoms with E-state index in [4.69, 9.17) is 0 Å². The Balaban J connectivity index is 2.57. The van der Waals surface area contributed by atoms with Gasteiger partial charge in [0.25, 0.3) is 0 Å². The van der Waals surface area contributed by atoms with Crippen LogP contribution in [0.1, 0.15) is 40.5 Å². The van der Waals surface area contributed by atoms with Crippen LogP contribution in [0.15, 0.2) is 0 Å². The van der Waals surface area contributed by atoms with Crippen molar-refractivity contribution in [3.63, 3.8) is 0 Å². The molecule has 0 heterocycles. The lowest BCUT2D eigenvalue weighted by atomic mass is 9.87. The first kappa shape index (κ1) is 13.9. The number of aliphatic hydroxyl groups is 2. The molecule has 2 atom stereocenters. The molecule has 16 heavy (non-hydrogen) atoms. The summed E-state index contributed by atoms with van der Waals surface area (Å²) in [7, 11) is 2.02. The van der Waals surface area contributed by atoms with Crippen LogP contribution in [0, 0.1) is 11.3 Å². The van der Waals surface area contributed by atoms with Crippen LogP contribution in [0.2, 0.25) is 0 Å². The third-order valence-electron chi connectivity index (χ3n) is 4.34. The molecule has 96 valence electrons. The third kappa shape index (κ3) is 2.76. The second-order valence-corrected chi connectivity index (χ2v) is 6.58. The molecule has 0 spiro atoms. The maximum absolute atomic E-state index is 10.2. The Kier molecular flexibility index (Phi) is 4.04. The van der Waals surface area contributed by atoms with Gasteiger partial charge in [0.05, 0.1) is 12.7 Å². The lowest BCUT2D eigenvalue weighted by Crippen LogP contribution is -2.47. The fourth-order valence-corrected chi connectivity index (χ4v) is 2.41. The van der Waals surface area contributed by atoms with Gasteiger partial charge in [-0.3, -0.25) is 4.90 Å². The van der Waals surface area contributed by atoms with E-state index in [2.05, 4.69) is 18.7 Å². The summed E-state index contributed by atoms with van der Waals surface area (Å²) in [6, 6.07) is 0. The Bertz CT molecular complexity index is 238. The zero-order chi connectivity index (χ0) is 12.6. The normalized spacial score (nSPS) is 30.0. The highest BCUT2D eigenvalue weighted by molar-refractivity contribution is 4.93. The predicted molar refractivity (Wildman–Crippen MR) is 66.3 cm³/mol. The van der Waals surface area contributed by atoms with Crippen molar-refractivity contribution < 1.29 is 10.2 Å². The molecule has 1 saturated carbocycles. The van der Waals surface area contributed by atoms with Crippen LogP contribution in [-0.4, -0.2) is 47.0 Å². The van der Waals surface area contributed by atoms with Gasteiger partial charge in [-0.1, -0.05) is 13.8 Å². The summed E-state index contributed by atoms with van der Waals surface area (Å²) in [5.74, 6) is 0.339. The quantitative estimate of drug-likeness (QED) is 0.767. The van der Waals surface area contributed by atoms with Gasteiger partial charge in [-0.25, -0.2) is 0 Å². The Morgan fingerprint density at radius 1 is 1.38 bits per heavy atom. The van der Waals surface area contributed by atoms with Crippen LogP contribution >= 0.6 is 0 Å². The molecule has 1 fully saturated rings. The second kappa shape index (κ2) is 4.63. The van der Waals surface area contributed by atoms with Crippen molar-refractivity contribution in [3.8, 4) is 0 Å². The largest absolute Gasteiger partial charge is 0.394 e. The van der Waals surface area contributed by atoms with Crippen molar-refractivity contribution in [2.24, 2.45) is 11.3 Å². The Hall–Kier alpha value is -0.120. The lowest BCUT2D eigenvalue weighted by Gasteiger charge is -2.37. The van der Waals surface area contributed by atoms with E-state index in [1.165, 1.54) is 0 Å². The molecule has 0 aliphatic heterocycles. The molecule has 1 rings (SSSR count). The minimum absolute atomic E-state index is 0.0505. The van der Waals surface area contributed by atoms with Crippen molar-refractivity contribution in [1.82, 2.24) is 4.90 Å². The first-order chi connectivity index (χ1) is 7.20. The van der Waals surface area contributed by atoms with Gasteiger partial charge in [0.2, 0.25) is 0 Å². The standard InChI is InChI=1S/C13H27NO2/c1-12(2)7-6-10(11(12)16)8-14(5)13(3,4)9-15/h10-11,15-16H,6-9H2,1-5H3. The highest BCUT2D eigenvalue weighted by atomic mass is 16.3. The number of hydrogen-bond donors (Lipinski definition) is 2. The number of rotatable bonds is 4. The predicted octanol–water partition coefficient (Wildman–Crippen LogP) is 1.49. The molecule has 1 aliphatic carbocycles. The van der Waals surface area contributed by atoms with Crippen molar-refractivity contribution in [2.45, 2.75) is 52.2 Å². The van der Waals surface area contributed by atoms with Gasteiger partial charge >= 0.3 is 0 Å². The average molecular weight is 229 g/mol. The highest BCUT2D eigenvalue weighted by Crippen LogP contribution is 2.41. The molecule has 0 aromatic heterocycles. The van der Waals surface area contributed by atoms with Crippen LogP contribution in [0.3, 0.4) is 0 Å². The molecular weight excluding hydrogens is 202 g/mol. The van der Waals surface area contributed by atoms with Crippen molar-refractivity contribution in [2.75, 3.05) is 20.2 Å². The zero-order valence-corrected chi connectivity index (χ0v) is 11.3. The van der Waals surface area contributed by atoms with E-state index in [1.807, 2.05) is 20.9 Å². The van der Waals surface area contributed by atoms with E-state index in [1.54, 1.807) is 0 Å².